The Hall–Kier alpha value is -0.0800. The number of fused-ring (bicyclic) bond motifs is 2. The predicted molar refractivity (Wildman–Crippen MR) is 76.8 cm³/mol. The summed E-state index contributed by atoms with van der Waals surface area (Å²) in [4.78, 5) is 2.67. The second-order valence-electron chi connectivity index (χ2n) is 6.98. The van der Waals surface area contributed by atoms with Gasteiger partial charge in [0, 0.05) is 18.1 Å². The Morgan fingerprint density at radius 2 is 1.56 bits per heavy atom. The number of nitrogens with zero attached hydrogens (tertiary/aromatic N) is 1. The molecule has 3 aliphatic rings. The molecule has 2 saturated heterocycles. The molecule has 3 rings (SSSR count). The first kappa shape index (κ1) is 12.9. The highest BCUT2D eigenvalue weighted by molar-refractivity contribution is 4.93. The van der Waals surface area contributed by atoms with E-state index in [0.717, 1.165) is 24.0 Å². The molecule has 0 radical (unpaired) electrons. The van der Waals surface area contributed by atoms with E-state index in [4.69, 9.17) is 0 Å². The van der Waals surface area contributed by atoms with Crippen molar-refractivity contribution >= 4 is 0 Å². The maximum absolute atomic E-state index is 3.91. The SMILES string of the molecule is CN1C2CCCC1CC(NCC1CCCCC1)C2. The number of piperidine rings is 2. The highest BCUT2D eigenvalue weighted by Crippen LogP contribution is 2.33. The van der Waals surface area contributed by atoms with Crippen LogP contribution in [0, 0.1) is 5.92 Å². The van der Waals surface area contributed by atoms with Gasteiger partial charge in [0.1, 0.15) is 0 Å². The van der Waals surface area contributed by atoms with E-state index in [-0.39, 0.29) is 0 Å². The highest BCUT2D eigenvalue weighted by atomic mass is 15.2. The van der Waals surface area contributed by atoms with Gasteiger partial charge in [-0.05, 0) is 58.0 Å². The van der Waals surface area contributed by atoms with Crippen LogP contribution < -0.4 is 5.32 Å². The first-order valence-corrected chi connectivity index (χ1v) is 8.28. The van der Waals surface area contributed by atoms with Crippen LogP contribution in [0.2, 0.25) is 0 Å². The minimum absolute atomic E-state index is 0.818. The van der Waals surface area contributed by atoms with Crippen molar-refractivity contribution in [1.82, 2.24) is 10.2 Å². The Bertz CT molecular complexity index is 246. The first-order chi connectivity index (χ1) is 8.83. The average Bonchev–Trinajstić information content (AvgIpc) is 2.38. The summed E-state index contributed by atoms with van der Waals surface area (Å²) in [5.74, 6) is 0.984. The van der Waals surface area contributed by atoms with E-state index in [1.165, 1.54) is 70.8 Å². The Morgan fingerprint density at radius 3 is 2.22 bits per heavy atom. The molecule has 18 heavy (non-hydrogen) atoms. The lowest BCUT2D eigenvalue weighted by molar-refractivity contribution is 0.0473. The van der Waals surface area contributed by atoms with Crippen molar-refractivity contribution in [1.29, 1.82) is 0 Å². The molecular formula is C16H30N2. The zero-order chi connectivity index (χ0) is 12.4. The molecule has 2 aliphatic heterocycles. The zero-order valence-corrected chi connectivity index (χ0v) is 12.0. The van der Waals surface area contributed by atoms with E-state index in [2.05, 4.69) is 17.3 Å². The minimum Gasteiger partial charge on any atom is -0.314 e. The number of hydrogen-bond acceptors (Lipinski definition) is 2. The summed E-state index contributed by atoms with van der Waals surface area (Å²) in [7, 11) is 2.35. The Morgan fingerprint density at radius 1 is 0.889 bits per heavy atom. The van der Waals surface area contributed by atoms with Crippen LogP contribution in [0.15, 0.2) is 0 Å². The lowest BCUT2D eigenvalue weighted by Gasteiger charge is -2.47. The third kappa shape index (κ3) is 2.91. The molecule has 0 amide bonds. The predicted octanol–water partition coefficient (Wildman–Crippen LogP) is 3.17. The molecule has 3 fully saturated rings. The smallest absolute Gasteiger partial charge is 0.0110 e. The van der Waals surface area contributed by atoms with Crippen molar-refractivity contribution < 1.29 is 0 Å². The summed E-state index contributed by atoms with van der Waals surface area (Å²) in [6, 6.07) is 2.57. The monoisotopic (exact) mass is 250 g/mol. The molecule has 2 unspecified atom stereocenters. The van der Waals surface area contributed by atoms with Crippen molar-refractivity contribution in [2.24, 2.45) is 5.92 Å². The van der Waals surface area contributed by atoms with Crippen LogP contribution in [0.3, 0.4) is 0 Å². The second kappa shape index (κ2) is 5.92. The van der Waals surface area contributed by atoms with E-state index in [0.29, 0.717) is 0 Å². The van der Waals surface area contributed by atoms with Gasteiger partial charge in [-0.1, -0.05) is 25.7 Å². The van der Waals surface area contributed by atoms with Gasteiger partial charge in [0.2, 0.25) is 0 Å². The molecule has 2 heterocycles. The zero-order valence-electron chi connectivity index (χ0n) is 12.0. The van der Waals surface area contributed by atoms with Gasteiger partial charge in [0.15, 0.2) is 0 Å². The van der Waals surface area contributed by atoms with Crippen molar-refractivity contribution in [3.8, 4) is 0 Å². The first-order valence-electron chi connectivity index (χ1n) is 8.28. The molecule has 1 aliphatic carbocycles. The molecule has 2 nitrogen and oxygen atoms in total. The van der Waals surface area contributed by atoms with Crippen molar-refractivity contribution in [3.63, 3.8) is 0 Å². The maximum Gasteiger partial charge on any atom is 0.0110 e. The van der Waals surface area contributed by atoms with Crippen molar-refractivity contribution in [2.75, 3.05) is 13.6 Å². The summed E-state index contributed by atoms with van der Waals surface area (Å²) in [6.45, 7) is 1.30. The Balaban J connectivity index is 1.46. The van der Waals surface area contributed by atoms with Gasteiger partial charge in [-0.15, -0.1) is 0 Å². The van der Waals surface area contributed by atoms with Crippen LogP contribution >= 0.6 is 0 Å². The fourth-order valence-electron chi connectivity index (χ4n) is 4.51. The Labute approximate surface area is 113 Å². The van der Waals surface area contributed by atoms with Gasteiger partial charge >= 0.3 is 0 Å². The van der Waals surface area contributed by atoms with Crippen LogP contribution in [-0.4, -0.2) is 36.6 Å². The number of hydrogen-bond donors (Lipinski definition) is 1. The third-order valence-electron chi connectivity index (χ3n) is 5.76. The molecule has 2 bridgehead atoms. The fourth-order valence-corrected chi connectivity index (χ4v) is 4.51. The molecule has 1 N–H and O–H groups in total. The molecule has 0 spiro atoms. The van der Waals surface area contributed by atoms with Crippen LogP contribution in [0.4, 0.5) is 0 Å². The molecule has 104 valence electrons. The lowest BCUT2D eigenvalue weighted by atomic mass is 9.82. The second-order valence-corrected chi connectivity index (χ2v) is 6.98. The van der Waals surface area contributed by atoms with Gasteiger partial charge in [0.25, 0.3) is 0 Å². The molecule has 0 aromatic carbocycles. The topological polar surface area (TPSA) is 15.3 Å². The van der Waals surface area contributed by atoms with E-state index >= 15 is 0 Å². The summed E-state index contributed by atoms with van der Waals surface area (Å²) in [5.41, 5.74) is 0. The maximum atomic E-state index is 3.91. The standard InChI is InChI=1S/C16H30N2/c1-18-15-8-5-9-16(18)11-14(10-15)17-12-13-6-3-2-4-7-13/h13-17H,2-12H2,1H3. The molecule has 2 atom stereocenters. The molecule has 0 aromatic heterocycles. The minimum atomic E-state index is 0.818. The van der Waals surface area contributed by atoms with Crippen LogP contribution in [0.1, 0.15) is 64.2 Å². The summed E-state index contributed by atoms with van der Waals surface area (Å²) in [5, 5.41) is 3.91. The van der Waals surface area contributed by atoms with E-state index in [9.17, 15) is 0 Å². The van der Waals surface area contributed by atoms with E-state index in [1.807, 2.05) is 0 Å². The van der Waals surface area contributed by atoms with Crippen LogP contribution in [-0.2, 0) is 0 Å². The summed E-state index contributed by atoms with van der Waals surface area (Å²) in [6.07, 6.45) is 14.5. The van der Waals surface area contributed by atoms with Crippen molar-refractivity contribution in [2.45, 2.75) is 82.3 Å². The summed E-state index contributed by atoms with van der Waals surface area (Å²) < 4.78 is 0. The molecule has 2 heteroatoms. The Kier molecular flexibility index (Phi) is 4.25. The van der Waals surface area contributed by atoms with Gasteiger partial charge in [-0.3, -0.25) is 0 Å². The van der Waals surface area contributed by atoms with Gasteiger partial charge in [-0.25, -0.2) is 0 Å². The fraction of sp³-hybridized carbons (Fsp3) is 1.00. The van der Waals surface area contributed by atoms with Crippen molar-refractivity contribution in [3.05, 3.63) is 0 Å². The normalized spacial score (nSPS) is 38.8. The average molecular weight is 250 g/mol. The largest absolute Gasteiger partial charge is 0.314 e. The number of rotatable bonds is 3. The molecule has 0 aromatic rings. The third-order valence-corrected chi connectivity index (χ3v) is 5.76. The lowest BCUT2D eigenvalue weighted by Crippen LogP contribution is -2.54. The molecule has 1 saturated carbocycles. The van der Waals surface area contributed by atoms with Gasteiger partial charge in [0.05, 0.1) is 0 Å². The highest BCUT2D eigenvalue weighted by Gasteiger charge is 2.35. The van der Waals surface area contributed by atoms with E-state index in [1.54, 1.807) is 0 Å². The van der Waals surface area contributed by atoms with E-state index < -0.39 is 0 Å². The number of nitrogens with one attached hydrogen (secondary N) is 1. The molecular weight excluding hydrogens is 220 g/mol. The van der Waals surface area contributed by atoms with Crippen LogP contribution in [0.25, 0.3) is 0 Å². The summed E-state index contributed by atoms with van der Waals surface area (Å²) >= 11 is 0. The quantitative estimate of drug-likeness (QED) is 0.827. The van der Waals surface area contributed by atoms with Crippen LogP contribution in [0.5, 0.6) is 0 Å². The van der Waals surface area contributed by atoms with Gasteiger partial charge < -0.3 is 10.2 Å². The van der Waals surface area contributed by atoms with Gasteiger partial charge in [-0.2, -0.15) is 0 Å².